The molecule has 0 aromatic heterocycles. The third kappa shape index (κ3) is 1.73. The van der Waals surface area contributed by atoms with Crippen LogP contribution >= 0.6 is 0 Å². The van der Waals surface area contributed by atoms with E-state index in [0.29, 0.717) is 0 Å². The van der Waals surface area contributed by atoms with Crippen LogP contribution in [0.3, 0.4) is 0 Å². The molecule has 1 aliphatic rings. The maximum atomic E-state index is 12.8. The average molecular weight is 378 g/mol. The first kappa shape index (κ1) is 19.7. The Kier molecular flexibility index (Phi) is 3.61. The lowest BCUT2D eigenvalue weighted by Gasteiger charge is -2.45. The highest BCUT2D eigenvalue weighted by molar-refractivity contribution is 5.94. The molecule has 0 atom stereocenters. The molecule has 1 fully saturated rings. The van der Waals surface area contributed by atoms with Gasteiger partial charge in [0, 0.05) is 0 Å². The van der Waals surface area contributed by atoms with E-state index in [2.05, 4.69) is 0 Å². The number of ketones is 1. The van der Waals surface area contributed by atoms with Gasteiger partial charge in [-0.25, -0.2) is 0 Å². The minimum absolute atomic E-state index is 5.06. The zero-order chi connectivity index (χ0) is 19.1. The number of carbonyl (C=O) groups excluding carboxylic acids is 1. The molecule has 15 heteroatoms. The van der Waals surface area contributed by atoms with E-state index in [-0.39, 0.29) is 0 Å². The van der Waals surface area contributed by atoms with E-state index in [1.165, 1.54) is 0 Å². The molecule has 136 valence electrons. The van der Waals surface area contributed by atoms with Gasteiger partial charge in [-0.15, -0.1) is 0 Å². The van der Waals surface area contributed by atoms with Gasteiger partial charge in [-0.1, -0.05) is 0 Å². The number of hydrogen-bond donors (Lipinski definition) is 0. The van der Waals surface area contributed by atoms with Crippen LogP contribution in [0.5, 0.6) is 0 Å². The number of carbonyl (C=O) groups is 1. The molecule has 0 radical (unpaired) electrons. The number of Topliss-reactive ketones (excluding diaryl/α,β-unsaturated/α-hetero) is 1. The van der Waals surface area contributed by atoms with Gasteiger partial charge in [0.2, 0.25) is 0 Å². The molecule has 0 heterocycles. The van der Waals surface area contributed by atoms with Crippen LogP contribution in [0.15, 0.2) is 0 Å². The minimum Gasteiger partial charge on any atom is -0.286 e. The molecule has 0 aromatic carbocycles. The molecular formula is C8F14O. The van der Waals surface area contributed by atoms with Crippen LogP contribution in [0, 0.1) is 0 Å². The number of alkyl halides is 14. The summed E-state index contributed by atoms with van der Waals surface area (Å²) in [5.41, 5.74) is 0. The third-order valence-corrected chi connectivity index (χ3v) is 2.94. The average Bonchev–Trinajstić information content (AvgIpc) is 2.35. The standard InChI is InChI=1S/C8F14O/c9-2(10)1(23)3(11,12)5(15,16)7(19,20)8(21,22)6(17,18)4(2,13)14. The second kappa shape index (κ2) is 4.20. The molecule has 0 amide bonds. The Morgan fingerprint density at radius 3 is 0.783 bits per heavy atom. The largest absolute Gasteiger partial charge is 0.386 e. The highest BCUT2D eigenvalue weighted by atomic mass is 19.4. The van der Waals surface area contributed by atoms with E-state index in [0.717, 1.165) is 0 Å². The Morgan fingerprint density at radius 2 is 0.565 bits per heavy atom. The SMILES string of the molecule is O=C1C(F)(F)C(F)(F)C(F)(F)C(F)(F)C(F)(F)C(F)(F)C1(F)F. The Bertz CT molecular complexity index is 487. The van der Waals surface area contributed by atoms with Crippen molar-refractivity contribution in [3.63, 3.8) is 0 Å². The predicted molar refractivity (Wildman–Crippen MR) is 39.6 cm³/mol. The second-order valence-corrected chi connectivity index (χ2v) is 4.35. The van der Waals surface area contributed by atoms with Gasteiger partial charge < -0.3 is 0 Å². The van der Waals surface area contributed by atoms with Crippen molar-refractivity contribution in [1.29, 1.82) is 0 Å². The lowest BCUT2D eigenvalue weighted by Crippen LogP contribution is -2.79. The fraction of sp³-hybridized carbons (Fsp3) is 0.875. The number of halogens is 14. The molecule has 1 nitrogen and oxygen atoms in total. The van der Waals surface area contributed by atoms with Crippen molar-refractivity contribution in [2.24, 2.45) is 0 Å². The van der Waals surface area contributed by atoms with Crippen molar-refractivity contribution in [3.8, 4) is 0 Å². The van der Waals surface area contributed by atoms with Gasteiger partial charge in [0.05, 0.1) is 0 Å². The summed E-state index contributed by atoms with van der Waals surface area (Å²) in [6.45, 7) is 0. The Morgan fingerprint density at radius 1 is 0.391 bits per heavy atom. The van der Waals surface area contributed by atoms with Crippen LogP contribution in [-0.4, -0.2) is 47.2 Å². The van der Waals surface area contributed by atoms with Crippen molar-refractivity contribution in [2.45, 2.75) is 41.5 Å². The molecule has 0 aromatic rings. The van der Waals surface area contributed by atoms with Crippen LogP contribution in [0.2, 0.25) is 0 Å². The summed E-state index contributed by atoms with van der Waals surface area (Å²) < 4.78 is 179. The van der Waals surface area contributed by atoms with Crippen LogP contribution in [0.1, 0.15) is 0 Å². The summed E-state index contributed by atoms with van der Waals surface area (Å²) >= 11 is 0. The maximum absolute atomic E-state index is 12.8. The van der Waals surface area contributed by atoms with Crippen molar-refractivity contribution in [3.05, 3.63) is 0 Å². The quantitative estimate of drug-likeness (QED) is 0.583. The smallest absolute Gasteiger partial charge is 0.286 e. The molecule has 0 unspecified atom stereocenters. The van der Waals surface area contributed by atoms with E-state index in [1.54, 1.807) is 0 Å². The van der Waals surface area contributed by atoms with Crippen molar-refractivity contribution < 1.29 is 66.3 Å². The summed E-state index contributed by atoms with van der Waals surface area (Å²) in [5, 5.41) is 0. The van der Waals surface area contributed by atoms with Gasteiger partial charge in [0.1, 0.15) is 0 Å². The van der Waals surface area contributed by atoms with Crippen molar-refractivity contribution in [2.75, 3.05) is 0 Å². The first-order valence-electron chi connectivity index (χ1n) is 4.85. The zero-order valence-electron chi connectivity index (χ0n) is 9.70. The molecule has 1 rings (SSSR count). The Hall–Kier alpha value is -1.31. The van der Waals surface area contributed by atoms with Crippen LogP contribution in [0.4, 0.5) is 61.5 Å². The highest BCUT2D eigenvalue weighted by Crippen LogP contribution is 2.65. The van der Waals surface area contributed by atoms with Crippen LogP contribution < -0.4 is 0 Å². The molecular weight excluding hydrogens is 378 g/mol. The van der Waals surface area contributed by atoms with Gasteiger partial charge in [-0.3, -0.25) is 4.79 Å². The number of rotatable bonds is 0. The number of hydrogen-bond acceptors (Lipinski definition) is 1. The lowest BCUT2D eigenvalue weighted by molar-refractivity contribution is -0.446. The molecule has 23 heavy (non-hydrogen) atoms. The molecule has 0 saturated heterocycles. The fourth-order valence-electron chi connectivity index (χ4n) is 1.47. The normalized spacial score (nSPS) is 32.7. The van der Waals surface area contributed by atoms with Crippen LogP contribution in [-0.2, 0) is 4.79 Å². The molecule has 0 bridgehead atoms. The first-order valence-corrected chi connectivity index (χ1v) is 4.85. The van der Waals surface area contributed by atoms with Crippen LogP contribution in [0.25, 0.3) is 0 Å². The minimum atomic E-state index is -8.07. The summed E-state index contributed by atoms with van der Waals surface area (Å²) in [4.78, 5) is 10.4. The summed E-state index contributed by atoms with van der Waals surface area (Å²) in [6.07, 6.45) is 0. The highest BCUT2D eigenvalue weighted by Gasteiger charge is 2.98. The second-order valence-electron chi connectivity index (χ2n) is 4.35. The summed E-state index contributed by atoms with van der Waals surface area (Å²) in [5.74, 6) is -59.8. The molecule has 0 aliphatic heterocycles. The van der Waals surface area contributed by atoms with Crippen molar-refractivity contribution >= 4 is 5.78 Å². The maximum Gasteiger partial charge on any atom is 0.386 e. The summed E-state index contributed by atoms with van der Waals surface area (Å²) in [7, 11) is 0. The van der Waals surface area contributed by atoms with E-state index in [4.69, 9.17) is 0 Å². The van der Waals surface area contributed by atoms with E-state index in [1.807, 2.05) is 0 Å². The van der Waals surface area contributed by atoms with Gasteiger partial charge in [0.25, 0.3) is 5.78 Å². The monoisotopic (exact) mass is 378 g/mol. The van der Waals surface area contributed by atoms with Gasteiger partial charge in [-0.05, 0) is 0 Å². The predicted octanol–water partition coefficient (Wildman–Crippen LogP) is 4.02. The topological polar surface area (TPSA) is 17.1 Å². The zero-order valence-corrected chi connectivity index (χ0v) is 9.70. The third-order valence-electron chi connectivity index (χ3n) is 2.94. The fourth-order valence-corrected chi connectivity index (χ4v) is 1.47. The first-order chi connectivity index (χ1) is 9.65. The van der Waals surface area contributed by atoms with E-state index in [9.17, 15) is 66.3 Å². The van der Waals surface area contributed by atoms with Crippen molar-refractivity contribution in [1.82, 2.24) is 0 Å². The Balaban J connectivity index is 3.99. The van der Waals surface area contributed by atoms with Gasteiger partial charge >= 0.3 is 41.5 Å². The molecule has 0 N–H and O–H groups in total. The molecule has 1 aliphatic carbocycles. The van der Waals surface area contributed by atoms with Gasteiger partial charge in [-0.2, -0.15) is 61.5 Å². The molecule has 0 spiro atoms. The molecule has 1 saturated carbocycles. The Labute approximate surface area is 115 Å². The lowest BCUT2D eigenvalue weighted by atomic mass is 9.81. The van der Waals surface area contributed by atoms with Gasteiger partial charge in [0.15, 0.2) is 0 Å². The van der Waals surface area contributed by atoms with E-state index >= 15 is 0 Å². The van der Waals surface area contributed by atoms with E-state index < -0.39 is 47.2 Å². The summed E-state index contributed by atoms with van der Waals surface area (Å²) in [6, 6.07) is 0.